The molecule has 2 N–H and O–H groups in total. The average molecular weight is 311 g/mol. The van der Waals surface area contributed by atoms with Gasteiger partial charge in [0.05, 0.1) is 6.04 Å². The molecule has 1 aromatic carbocycles. The maximum Gasteiger partial charge on any atom is 0.147 e. The largest absolute Gasteiger partial charge is 0.382 e. The van der Waals surface area contributed by atoms with E-state index in [-0.39, 0.29) is 6.04 Å². The Morgan fingerprint density at radius 1 is 1.40 bits per heavy atom. The fraction of sp³-hybridized carbons (Fsp3) is 0.286. The van der Waals surface area contributed by atoms with Gasteiger partial charge in [0.15, 0.2) is 0 Å². The Morgan fingerprint density at radius 2 is 2.10 bits per heavy atom. The van der Waals surface area contributed by atoms with Crippen LogP contribution < -0.4 is 5.73 Å². The predicted octanol–water partition coefficient (Wildman–Crippen LogP) is 3.50. The lowest BCUT2D eigenvalue weighted by Crippen LogP contribution is -2.17. The molecule has 1 atom stereocenters. The molecule has 0 radical (unpaired) electrons. The van der Waals surface area contributed by atoms with Gasteiger partial charge in [-0.2, -0.15) is 5.10 Å². The van der Waals surface area contributed by atoms with Gasteiger partial charge in [0, 0.05) is 23.3 Å². The highest BCUT2D eigenvalue weighted by molar-refractivity contribution is 6.35. The molecule has 0 aliphatic heterocycles. The zero-order valence-corrected chi connectivity index (χ0v) is 13.1. The van der Waals surface area contributed by atoms with E-state index in [9.17, 15) is 0 Å². The van der Waals surface area contributed by atoms with Gasteiger partial charge in [-0.1, -0.05) is 29.3 Å². The molecule has 1 aromatic heterocycles. The molecule has 0 saturated heterocycles. The van der Waals surface area contributed by atoms with E-state index in [0.29, 0.717) is 21.6 Å². The molecule has 20 heavy (non-hydrogen) atoms. The van der Waals surface area contributed by atoms with Crippen LogP contribution in [0.2, 0.25) is 10.0 Å². The third-order valence-corrected chi connectivity index (χ3v) is 3.56. The number of nitrogens with two attached hydrogens (primary N) is 1. The van der Waals surface area contributed by atoms with E-state index in [4.69, 9.17) is 28.9 Å². The van der Waals surface area contributed by atoms with E-state index >= 15 is 0 Å². The van der Waals surface area contributed by atoms with Crippen molar-refractivity contribution in [3.8, 4) is 0 Å². The van der Waals surface area contributed by atoms with E-state index in [1.54, 1.807) is 16.8 Å². The molecular weight excluding hydrogens is 295 g/mol. The third-order valence-electron chi connectivity index (χ3n) is 3.00. The Bertz CT molecular complexity index is 661. The highest BCUT2D eigenvalue weighted by atomic mass is 35.5. The molecule has 0 fully saturated rings. The molecule has 2 rings (SSSR count). The Morgan fingerprint density at radius 3 is 2.65 bits per heavy atom. The maximum atomic E-state index is 6.17. The maximum absolute atomic E-state index is 6.17. The SMILES string of the molecule is Cc1cn(C)nc1C(N)=N[C@H](C)c1ccc(Cl)cc1Cl. The van der Waals surface area contributed by atoms with Crippen LogP contribution in [-0.2, 0) is 7.05 Å². The Balaban J connectivity index is 2.32. The monoisotopic (exact) mass is 310 g/mol. The van der Waals surface area contributed by atoms with E-state index in [2.05, 4.69) is 10.1 Å². The normalized spacial score (nSPS) is 13.6. The zero-order chi connectivity index (χ0) is 14.9. The first-order chi connectivity index (χ1) is 9.38. The lowest BCUT2D eigenvalue weighted by atomic mass is 10.1. The summed E-state index contributed by atoms with van der Waals surface area (Å²) < 4.78 is 1.72. The lowest BCUT2D eigenvalue weighted by Gasteiger charge is -2.10. The summed E-state index contributed by atoms with van der Waals surface area (Å²) in [6, 6.07) is 5.18. The molecule has 0 unspecified atom stereocenters. The fourth-order valence-corrected chi connectivity index (χ4v) is 2.61. The molecular formula is C14H16Cl2N4. The summed E-state index contributed by atoms with van der Waals surface area (Å²) in [6.45, 7) is 3.88. The Hall–Kier alpha value is -1.52. The Labute approximate surface area is 128 Å². The van der Waals surface area contributed by atoms with Crippen LogP contribution in [0.3, 0.4) is 0 Å². The van der Waals surface area contributed by atoms with E-state index in [0.717, 1.165) is 11.1 Å². The van der Waals surface area contributed by atoms with Crippen LogP contribution in [0.25, 0.3) is 0 Å². The van der Waals surface area contributed by atoms with Crippen molar-refractivity contribution in [3.63, 3.8) is 0 Å². The summed E-state index contributed by atoms with van der Waals surface area (Å²) in [7, 11) is 1.85. The van der Waals surface area contributed by atoms with Gasteiger partial charge in [-0.3, -0.25) is 9.67 Å². The minimum atomic E-state index is -0.166. The first-order valence-electron chi connectivity index (χ1n) is 6.17. The molecule has 0 amide bonds. The fourth-order valence-electron chi connectivity index (χ4n) is 2.04. The van der Waals surface area contributed by atoms with Gasteiger partial charge in [0.2, 0.25) is 0 Å². The number of hydrogen-bond donors (Lipinski definition) is 1. The van der Waals surface area contributed by atoms with Gasteiger partial charge in [-0.25, -0.2) is 0 Å². The first-order valence-corrected chi connectivity index (χ1v) is 6.93. The van der Waals surface area contributed by atoms with Gasteiger partial charge in [0.1, 0.15) is 11.5 Å². The molecule has 6 heteroatoms. The number of rotatable bonds is 3. The highest BCUT2D eigenvalue weighted by Crippen LogP contribution is 2.28. The van der Waals surface area contributed by atoms with Gasteiger partial charge in [-0.15, -0.1) is 0 Å². The molecule has 1 heterocycles. The quantitative estimate of drug-likeness (QED) is 0.696. The summed E-state index contributed by atoms with van der Waals surface area (Å²) in [5.74, 6) is 0.404. The Kier molecular flexibility index (Phi) is 4.35. The van der Waals surface area contributed by atoms with Crippen LogP contribution in [0.15, 0.2) is 29.4 Å². The van der Waals surface area contributed by atoms with Gasteiger partial charge in [0.25, 0.3) is 0 Å². The predicted molar refractivity (Wildman–Crippen MR) is 83.5 cm³/mol. The smallest absolute Gasteiger partial charge is 0.147 e. The van der Waals surface area contributed by atoms with Crippen molar-refractivity contribution in [1.29, 1.82) is 0 Å². The zero-order valence-electron chi connectivity index (χ0n) is 11.6. The minimum Gasteiger partial charge on any atom is -0.382 e. The van der Waals surface area contributed by atoms with Crippen molar-refractivity contribution >= 4 is 29.0 Å². The second kappa shape index (κ2) is 5.85. The highest BCUT2D eigenvalue weighted by Gasteiger charge is 2.13. The topological polar surface area (TPSA) is 56.2 Å². The number of aryl methyl sites for hydroxylation is 2. The summed E-state index contributed by atoms with van der Waals surface area (Å²) in [5.41, 5.74) is 8.60. The number of aliphatic imine (C=N–C) groups is 1. The summed E-state index contributed by atoms with van der Waals surface area (Å²) >= 11 is 12.1. The van der Waals surface area contributed by atoms with Crippen LogP contribution in [0, 0.1) is 6.92 Å². The first kappa shape index (κ1) is 14.9. The van der Waals surface area contributed by atoms with Crippen molar-refractivity contribution in [2.45, 2.75) is 19.9 Å². The lowest BCUT2D eigenvalue weighted by molar-refractivity contribution is 0.761. The molecule has 0 saturated carbocycles. The van der Waals surface area contributed by atoms with Crippen molar-refractivity contribution in [2.75, 3.05) is 0 Å². The molecule has 0 bridgehead atoms. The van der Waals surface area contributed by atoms with Crippen LogP contribution in [-0.4, -0.2) is 15.6 Å². The molecule has 0 aliphatic carbocycles. The van der Waals surface area contributed by atoms with Crippen molar-refractivity contribution in [1.82, 2.24) is 9.78 Å². The van der Waals surface area contributed by atoms with Crippen LogP contribution in [0.1, 0.15) is 29.8 Å². The molecule has 0 spiro atoms. The van der Waals surface area contributed by atoms with E-state index < -0.39 is 0 Å². The third kappa shape index (κ3) is 3.14. The molecule has 4 nitrogen and oxygen atoms in total. The van der Waals surface area contributed by atoms with Crippen LogP contribution in [0.5, 0.6) is 0 Å². The van der Waals surface area contributed by atoms with Crippen molar-refractivity contribution in [3.05, 3.63) is 51.3 Å². The van der Waals surface area contributed by atoms with Gasteiger partial charge >= 0.3 is 0 Å². The van der Waals surface area contributed by atoms with Gasteiger partial charge < -0.3 is 5.73 Å². The van der Waals surface area contributed by atoms with Crippen molar-refractivity contribution in [2.24, 2.45) is 17.8 Å². The van der Waals surface area contributed by atoms with Crippen LogP contribution >= 0.6 is 23.2 Å². The standard InChI is InChI=1S/C14H16Cl2N4/c1-8-7-20(3)19-13(8)14(17)18-9(2)11-5-4-10(15)6-12(11)16/h4-7,9H,1-3H3,(H2,17,18)/t9-/m1/s1. The number of aromatic nitrogens is 2. The number of amidine groups is 1. The summed E-state index contributed by atoms with van der Waals surface area (Å²) in [6.07, 6.45) is 1.90. The number of halogens is 2. The number of nitrogens with zero attached hydrogens (tertiary/aromatic N) is 3. The molecule has 106 valence electrons. The molecule has 0 aliphatic rings. The number of hydrogen-bond acceptors (Lipinski definition) is 2. The second-order valence-electron chi connectivity index (χ2n) is 4.69. The summed E-state index contributed by atoms with van der Waals surface area (Å²) in [5, 5.41) is 5.48. The van der Waals surface area contributed by atoms with E-state index in [1.807, 2.05) is 33.2 Å². The second-order valence-corrected chi connectivity index (χ2v) is 5.53. The number of benzene rings is 1. The molecule has 2 aromatic rings. The van der Waals surface area contributed by atoms with Crippen molar-refractivity contribution < 1.29 is 0 Å². The summed E-state index contributed by atoms with van der Waals surface area (Å²) in [4.78, 5) is 4.47. The average Bonchev–Trinajstić information content (AvgIpc) is 2.68. The van der Waals surface area contributed by atoms with Crippen LogP contribution in [0.4, 0.5) is 0 Å². The van der Waals surface area contributed by atoms with E-state index in [1.165, 1.54) is 0 Å². The van der Waals surface area contributed by atoms with Gasteiger partial charge in [-0.05, 0) is 37.1 Å². The minimum absolute atomic E-state index is 0.166.